The molecule has 0 bridgehead atoms. The number of ether oxygens (including phenoxy) is 1. The molecule has 6 aromatic rings. The van der Waals surface area contributed by atoms with E-state index in [0.29, 0.717) is 54.8 Å². The van der Waals surface area contributed by atoms with Gasteiger partial charge in [-0.15, -0.1) is 0 Å². The number of carbonyl (C=O) groups is 2. The summed E-state index contributed by atoms with van der Waals surface area (Å²) in [7, 11) is -1.60. The molecule has 2 atom stereocenters. The first kappa shape index (κ1) is 48.5. The molecule has 1 fully saturated rings. The number of pyridine rings is 1. The van der Waals surface area contributed by atoms with Crippen molar-refractivity contribution in [1.82, 2.24) is 15.2 Å². The lowest BCUT2D eigenvalue weighted by Gasteiger charge is -2.41. The number of hydrogen-bond acceptors (Lipinski definition) is 8. The molecule has 346 valence electrons. The van der Waals surface area contributed by atoms with Crippen LogP contribution in [0.3, 0.4) is 0 Å². The van der Waals surface area contributed by atoms with Crippen LogP contribution in [0.1, 0.15) is 60.4 Å². The number of H-pyrrole nitrogens is 1. The van der Waals surface area contributed by atoms with E-state index in [4.69, 9.17) is 30.9 Å². The van der Waals surface area contributed by atoms with E-state index in [1.165, 1.54) is 0 Å². The summed E-state index contributed by atoms with van der Waals surface area (Å²) in [6.45, 7) is 12.0. The van der Waals surface area contributed by atoms with Crippen molar-refractivity contribution in [2.45, 2.75) is 70.6 Å². The molecule has 0 aliphatic carbocycles. The Morgan fingerprint density at radius 2 is 1.52 bits per heavy atom. The highest BCUT2D eigenvalue weighted by molar-refractivity contribution is 6.33. The number of nitrogens with two attached hydrogens (primary N) is 1. The van der Waals surface area contributed by atoms with E-state index >= 15 is 0 Å². The van der Waals surface area contributed by atoms with Gasteiger partial charge in [0.15, 0.2) is 19.5 Å². The molecule has 1 aliphatic heterocycles. The first-order chi connectivity index (χ1) is 31.9. The number of likely N-dealkylation sites (tertiary alicyclic amines) is 1. The summed E-state index contributed by atoms with van der Waals surface area (Å²) in [6, 6.07) is 42.7. The quantitative estimate of drug-likeness (QED) is 0.0407. The first-order valence-corrected chi connectivity index (χ1v) is 27.3. The summed E-state index contributed by atoms with van der Waals surface area (Å²) in [4.78, 5) is 44.9. The Morgan fingerprint density at radius 1 is 0.864 bits per heavy atom. The van der Waals surface area contributed by atoms with Crippen molar-refractivity contribution in [3.8, 4) is 5.75 Å². The Morgan fingerprint density at radius 3 is 2.14 bits per heavy atom. The molecule has 1 aliphatic rings. The number of nitrogens with one attached hydrogen (secondary N) is 3. The van der Waals surface area contributed by atoms with Crippen LogP contribution in [0.5, 0.6) is 5.75 Å². The maximum atomic E-state index is 13.5. The van der Waals surface area contributed by atoms with Crippen LogP contribution in [0.25, 0.3) is 10.9 Å². The molecule has 0 unspecified atom stereocenters. The van der Waals surface area contributed by atoms with Crippen molar-refractivity contribution >= 4 is 59.5 Å². The minimum absolute atomic E-state index is 0.0610. The molecule has 2 heterocycles. The molecule has 2 amide bonds. The first-order valence-electron chi connectivity index (χ1n) is 22.9. The molecular formula is C52H62ClN5O6Si2. The molecule has 0 saturated carbocycles. The predicted octanol–water partition coefficient (Wildman–Crippen LogP) is 7.41. The van der Waals surface area contributed by atoms with Crippen LogP contribution < -0.4 is 26.7 Å². The zero-order chi connectivity index (χ0) is 46.7. The van der Waals surface area contributed by atoms with Gasteiger partial charge in [0, 0.05) is 55.4 Å². The van der Waals surface area contributed by atoms with Crippen molar-refractivity contribution in [1.29, 1.82) is 0 Å². The third-order valence-electron chi connectivity index (χ3n) is 13.0. The summed E-state index contributed by atoms with van der Waals surface area (Å²) < 4.78 is 19.1. The van der Waals surface area contributed by atoms with E-state index in [0.717, 1.165) is 46.2 Å². The number of benzene rings is 5. The van der Waals surface area contributed by atoms with E-state index in [1.54, 1.807) is 6.07 Å². The molecule has 5 aromatic carbocycles. The van der Waals surface area contributed by atoms with Crippen molar-refractivity contribution in [3.63, 3.8) is 0 Å². The number of aromatic nitrogens is 1. The number of nitrogens with zero attached hydrogens (tertiary/aromatic N) is 1. The highest BCUT2D eigenvalue weighted by atomic mass is 35.5. The zero-order valence-corrected chi connectivity index (χ0v) is 41.9. The molecule has 14 heteroatoms. The second-order valence-electron chi connectivity index (χ2n) is 17.6. The van der Waals surface area contributed by atoms with E-state index in [1.807, 2.05) is 121 Å². The molecule has 0 spiro atoms. The highest BCUT2D eigenvalue weighted by Crippen LogP contribution is 2.45. The van der Waals surface area contributed by atoms with Crippen LogP contribution in [-0.4, -0.2) is 73.7 Å². The van der Waals surface area contributed by atoms with E-state index < -0.39 is 30.4 Å². The molecule has 0 radical (unpaired) electrons. The maximum absolute atomic E-state index is 13.5. The van der Waals surface area contributed by atoms with Crippen LogP contribution in [-0.2, 0) is 37.0 Å². The Labute approximate surface area is 397 Å². The van der Waals surface area contributed by atoms with Crippen molar-refractivity contribution < 1.29 is 23.2 Å². The fraction of sp³-hybridized carbons (Fsp3) is 0.327. The van der Waals surface area contributed by atoms with Crippen LogP contribution in [0.15, 0.2) is 138 Å². The fourth-order valence-corrected chi connectivity index (χ4v) is 11.7. The zero-order valence-electron chi connectivity index (χ0n) is 38.4. The van der Waals surface area contributed by atoms with Gasteiger partial charge in [-0.3, -0.25) is 14.4 Å². The number of aromatic amines is 1. The third kappa shape index (κ3) is 11.1. The van der Waals surface area contributed by atoms with Gasteiger partial charge in [0.1, 0.15) is 24.1 Å². The van der Waals surface area contributed by atoms with E-state index in [-0.39, 0.29) is 41.9 Å². The minimum atomic E-state index is -0.987. The lowest BCUT2D eigenvalue weighted by Crippen LogP contribution is -2.49. The largest absolute Gasteiger partial charge is 0.487 e. The molecular weight excluding hydrogens is 882 g/mol. The molecule has 1 aromatic heterocycles. The third-order valence-corrected chi connectivity index (χ3v) is 14.6. The minimum Gasteiger partial charge on any atom is -0.487 e. The van der Waals surface area contributed by atoms with Gasteiger partial charge in [0.2, 0.25) is 17.4 Å². The average Bonchev–Trinajstić information content (AvgIpc) is 3.80. The topological polar surface area (TPSA) is 148 Å². The Kier molecular flexibility index (Phi) is 16.5. The highest BCUT2D eigenvalue weighted by Gasteiger charge is 2.49. The Hall–Kier alpha value is -5.39. The summed E-state index contributed by atoms with van der Waals surface area (Å²) in [5.74, 6) is -0.0778. The number of amides is 2. The monoisotopic (exact) mass is 943 g/mol. The number of rotatable bonds is 22. The number of primary amides is 1. The van der Waals surface area contributed by atoms with Crippen molar-refractivity contribution in [3.05, 3.63) is 177 Å². The van der Waals surface area contributed by atoms with Crippen LogP contribution in [0, 0.1) is 11.3 Å². The number of carbonyl (C=O) groups excluding carboxylic acids is 2. The van der Waals surface area contributed by atoms with Gasteiger partial charge in [0.05, 0.1) is 16.2 Å². The normalized spacial score (nSPS) is 15.7. The average molecular weight is 945 g/mol. The van der Waals surface area contributed by atoms with Gasteiger partial charge in [-0.1, -0.05) is 142 Å². The lowest BCUT2D eigenvalue weighted by molar-refractivity contribution is -0.124. The second-order valence-corrected chi connectivity index (χ2v) is 19.8. The van der Waals surface area contributed by atoms with Gasteiger partial charge >= 0.3 is 0 Å². The van der Waals surface area contributed by atoms with E-state index in [2.05, 4.69) is 53.5 Å². The maximum Gasteiger partial charge on any atom is 0.248 e. The molecule has 66 heavy (non-hydrogen) atoms. The SMILES string of the molecule is C[SiH2]OC(O[SiH2]C)C(C)(C)[C@H](CNCc1ccc(NC(=O)CCN2CC[C@@H](C(C(N)=O)(c3ccccc3)c3ccccc3)C2)c(Cl)c1)c1ccc(OCc2ccccc2)c2[nH]c(=O)ccc12. The molecule has 7 rings (SSSR count). The standard InChI is InChI=1S/C52H62ClN5O6Si2/c1-51(2,50(63-65-3)64-66-4)42(40-21-24-45(48-41(40)22-25-46(59)57-48)62-34-35-14-8-5-9-15-35)32-55-31-36-20-23-44(43(53)30-36)56-47(60)27-29-58-28-26-39(33-58)52(49(54)61,37-16-10-6-11-17-37)38-18-12-7-13-19-38/h5-25,30,39,42,50,55H,26-29,31-34,65-66H2,1-4H3,(H2,54,61)(H,56,60)(H,57,59)/t39-,42-/m1/s1. The number of anilines is 1. The van der Waals surface area contributed by atoms with Gasteiger partial charge in [-0.05, 0) is 71.0 Å². The summed E-state index contributed by atoms with van der Waals surface area (Å²) in [5, 5.41) is 8.05. The van der Waals surface area contributed by atoms with Crippen molar-refractivity contribution in [2.24, 2.45) is 17.1 Å². The summed E-state index contributed by atoms with van der Waals surface area (Å²) >= 11 is 6.83. The smallest absolute Gasteiger partial charge is 0.248 e. The van der Waals surface area contributed by atoms with E-state index in [9.17, 15) is 14.4 Å². The van der Waals surface area contributed by atoms with Gasteiger partial charge in [-0.2, -0.15) is 0 Å². The number of hydrogen-bond donors (Lipinski definition) is 4. The Balaban J connectivity index is 1.01. The Bertz CT molecular complexity index is 2570. The summed E-state index contributed by atoms with van der Waals surface area (Å²) in [5.41, 5.74) is 10.6. The number of halogens is 1. The fourth-order valence-electron chi connectivity index (χ4n) is 9.64. The van der Waals surface area contributed by atoms with Gasteiger partial charge in [-0.25, -0.2) is 0 Å². The van der Waals surface area contributed by atoms with Gasteiger partial charge in [0.25, 0.3) is 0 Å². The predicted molar refractivity (Wildman–Crippen MR) is 270 cm³/mol. The van der Waals surface area contributed by atoms with Crippen molar-refractivity contribution in [2.75, 3.05) is 31.5 Å². The van der Waals surface area contributed by atoms with Crippen LogP contribution in [0.4, 0.5) is 5.69 Å². The summed E-state index contributed by atoms with van der Waals surface area (Å²) in [6.07, 6.45) is 0.646. The molecule has 5 N–H and O–H groups in total. The number of fused-ring (bicyclic) bond motifs is 1. The van der Waals surface area contributed by atoms with Crippen LogP contribution in [0.2, 0.25) is 18.1 Å². The molecule has 1 saturated heterocycles. The lowest BCUT2D eigenvalue weighted by atomic mass is 9.64. The molecule has 11 nitrogen and oxygen atoms in total. The second kappa shape index (κ2) is 22.4. The van der Waals surface area contributed by atoms with Gasteiger partial charge < -0.3 is 39.8 Å². The van der Waals surface area contributed by atoms with Crippen LogP contribution >= 0.6 is 11.6 Å².